The molecular weight excluding hydrogens is 376 g/mol. The fourth-order valence-electron chi connectivity index (χ4n) is 2.68. The fraction of sp³-hybridized carbons (Fsp3) is 0.200. The van der Waals surface area contributed by atoms with Crippen molar-refractivity contribution in [1.82, 2.24) is 9.55 Å². The van der Waals surface area contributed by atoms with Gasteiger partial charge in [0.15, 0.2) is 0 Å². The van der Waals surface area contributed by atoms with E-state index < -0.39 is 5.91 Å². The first-order chi connectivity index (χ1) is 13.5. The maximum atomic E-state index is 12.7. The van der Waals surface area contributed by atoms with Crippen LogP contribution in [0.1, 0.15) is 12.7 Å². The molecule has 7 nitrogen and oxygen atoms in total. The van der Waals surface area contributed by atoms with Crippen molar-refractivity contribution in [3.05, 3.63) is 70.8 Å². The second-order valence-electron chi connectivity index (χ2n) is 6.21. The van der Waals surface area contributed by atoms with Crippen LogP contribution in [0, 0.1) is 0 Å². The number of benzene rings is 2. The van der Waals surface area contributed by atoms with Crippen molar-refractivity contribution in [2.75, 3.05) is 5.32 Å². The minimum Gasteiger partial charge on any atom is -0.368 e. The Morgan fingerprint density at radius 1 is 1.14 bits per heavy atom. The Hall–Kier alpha value is -3.13. The van der Waals surface area contributed by atoms with E-state index in [0.717, 1.165) is 5.69 Å². The van der Waals surface area contributed by atoms with Crippen molar-refractivity contribution in [2.24, 2.45) is 5.73 Å². The highest BCUT2D eigenvalue weighted by Crippen LogP contribution is 2.19. The van der Waals surface area contributed by atoms with Crippen LogP contribution >= 0.6 is 11.8 Å². The van der Waals surface area contributed by atoms with Crippen molar-refractivity contribution >= 4 is 40.2 Å². The van der Waals surface area contributed by atoms with Gasteiger partial charge in [0.05, 0.1) is 21.9 Å². The van der Waals surface area contributed by atoms with Gasteiger partial charge < -0.3 is 11.1 Å². The molecule has 28 heavy (non-hydrogen) atoms. The standard InChI is InChI=1S/C20H20N4O3S/c1-13(19(26)22-14-7-3-2-4-8-14)28-12-18-23-16-10-6-5-9-15(16)20(27)24(18)11-17(21)25/h2-10,13H,11-12H2,1H3,(H2,21,25)(H,22,26)/t13-/m0/s1. The van der Waals surface area contributed by atoms with E-state index in [-0.39, 0.29) is 29.0 Å². The number of nitrogens with two attached hydrogens (primary N) is 1. The normalized spacial score (nSPS) is 11.9. The lowest BCUT2D eigenvalue weighted by atomic mass is 10.2. The smallest absolute Gasteiger partial charge is 0.261 e. The average Bonchev–Trinajstić information content (AvgIpc) is 2.69. The first kappa shape index (κ1) is 19.6. The van der Waals surface area contributed by atoms with Gasteiger partial charge in [-0.25, -0.2) is 4.98 Å². The van der Waals surface area contributed by atoms with E-state index in [1.54, 1.807) is 31.2 Å². The van der Waals surface area contributed by atoms with Crippen molar-refractivity contribution in [3.8, 4) is 0 Å². The summed E-state index contributed by atoms with van der Waals surface area (Å²) in [4.78, 5) is 41.0. The molecule has 2 aromatic carbocycles. The minimum absolute atomic E-state index is 0.152. The molecule has 3 aromatic rings. The zero-order valence-electron chi connectivity index (χ0n) is 15.3. The number of carbonyl (C=O) groups excluding carboxylic acids is 2. The molecule has 0 aliphatic heterocycles. The molecule has 0 saturated carbocycles. The van der Waals surface area contributed by atoms with Crippen LogP contribution in [0.2, 0.25) is 0 Å². The fourth-order valence-corrected chi connectivity index (χ4v) is 3.51. The van der Waals surface area contributed by atoms with Gasteiger partial charge in [0.1, 0.15) is 12.4 Å². The molecule has 2 amide bonds. The number of hydrogen-bond acceptors (Lipinski definition) is 5. The summed E-state index contributed by atoms with van der Waals surface area (Å²) in [6.07, 6.45) is 0. The SMILES string of the molecule is C[C@H](SCc1nc2ccccc2c(=O)n1CC(N)=O)C(=O)Nc1ccccc1. The highest BCUT2D eigenvalue weighted by molar-refractivity contribution is 7.99. The van der Waals surface area contributed by atoms with Crippen LogP contribution in [-0.4, -0.2) is 26.6 Å². The quantitative estimate of drug-likeness (QED) is 0.636. The molecule has 0 aliphatic rings. The van der Waals surface area contributed by atoms with Crippen molar-refractivity contribution in [2.45, 2.75) is 24.5 Å². The number of rotatable bonds is 7. The molecule has 0 bridgehead atoms. The number of nitrogens with one attached hydrogen (secondary N) is 1. The van der Waals surface area contributed by atoms with E-state index in [9.17, 15) is 14.4 Å². The third-order valence-electron chi connectivity index (χ3n) is 4.13. The molecular formula is C20H20N4O3S. The van der Waals surface area contributed by atoms with E-state index in [1.807, 2.05) is 30.3 Å². The Morgan fingerprint density at radius 3 is 2.54 bits per heavy atom. The number of carbonyl (C=O) groups is 2. The number of anilines is 1. The van der Waals surface area contributed by atoms with E-state index in [1.165, 1.54) is 16.3 Å². The van der Waals surface area contributed by atoms with Crippen LogP contribution < -0.4 is 16.6 Å². The monoisotopic (exact) mass is 396 g/mol. The van der Waals surface area contributed by atoms with Gasteiger partial charge in [0.25, 0.3) is 5.56 Å². The number of primary amides is 1. The number of thioether (sulfide) groups is 1. The first-order valence-electron chi connectivity index (χ1n) is 8.70. The number of aromatic nitrogens is 2. The Morgan fingerprint density at radius 2 is 1.82 bits per heavy atom. The third kappa shape index (κ3) is 4.58. The average molecular weight is 396 g/mol. The van der Waals surface area contributed by atoms with E-state index >= 15 is 0 Å². The topological polar surface area (TPSA) is 107 Å². The molecule has 3 N–H and O–H groups in total. The van der Waals surface area contributed by atoms with Gasteiger partial charge in [-0.15, -0.1) is 11.8 Å². The molecule has 0 fully saturated rings. The van der Waals surface area contributed by atoms with Crippen LogP contribution in [0.15, 0.2) is 59.4 Å². The van der Waals surface area contributed by atoms with Gasteiger partial charge in [-0.1, -0.05) is 30.3 Å². The Labute approximate surface area is 166 Å². The van der Waals surface area contributed by atoms with E-state index in [0.29, 0.717) is 16.7 Å². The molecule has 3 rings (SSSR count). The third-order valence-corrected chi connectivity index (χ3v) is 5.27. The summed E-state index contributed by atoms with van der Waals surface area (Å²) in [6.45, 7) is 1.53. The van der Waals surface area contributed by atoms with Crippen LogP contribution in [0.25, 0.3) is 10.9 Å². The molecule has 0 unspecified atom stereocenters. The summed E-state index contributed by atoms with van der Waals surface area (Å²) in [7, 11) is 0. The molecule has 1 atom stereocenters. The van der Waals surface area contributed by atoms with Gasteiger partial charge in [-0.05, 0) is 31.2 Å². The summed E-state index contributed by atoms with van der Waals surface area (Å²) >= 11 is 1.33. The molecule has 0 aliphatic carbocycles. The van der Waals surface area contributed by atoms with Gasteiger partial charge in [0.2, 0.25) is 11.8 Å². The van der Waals surface area contributed by atoms with Crippen LogP contribution in [0.5, 0.6) is 0 Å². The first-order valence-corrected chi connectivity index (χ1v) is 9.75. The molecule has 144 valence electrons. The Bertz CT molecular complexity index is 1070. The molecule has 0 spiro atoms. The van der Waals surface area contributed by atoms with Gasteiger partial charge >= 0.3 is 0 Å². The highest BCUT2D eigenvalue weighted by Gasteiger charge is 2.17. The number of amides is 2. The number of fused-ring (bicyclic) bond motifs is 1. The summed E-state index contributed by atoms with van der Waals surface area (Å²) < 4.78 is 1.28. The molecule has 1 heterocycles. The van der Waals surface area contributed by atoms with Crippen LogP contribution in [0.3, 0.4) is 0 Å². The summed E-state index contributed by atoms with van der Waals surface area (Å²) in [5, 5.41) is 2.88. The van der Waals surface area contributed by atoms with Gasteiger partial charge in [0, 0.05) is 5.69 Å². The Balaban J connectivity index is 1.80. The molecule has 8 heteroatoms. The maximum absolute atomic E-state index is 12.7. The van der Waals surface area contributed by atoms with Crippen molar-refractivity contribution < 1.29 is 9.59 Å². The lowest BCUT2D eigenvalue weighted by Crippen LogP contribution is -2.31. The van der Waals surface area contributed by atoms with E-state index in [2.05, 4.69) is 10.3 Å². The van der Waals surface area contributed by atoms with E-state index in [4.69, 9.17) is 5.73 Å². The second kappa shape index (κ2) is 8.71. The predicted molar refractivity (Wildman–Crippen MR) is 111 cm³/mol. The van der Waals surface area contributed by atoms with Crippen molar-refractivity contribution in [3.63, 3.8) is 0 Å². The summed E-state index contributed by atoms with van der Waals surface area (Å²) in [5.41, 5.74) is 6.24. The molecule has 0 radical (unpaired) electrons. The molecule has 1 aromatic heterocycles. The Kier molecular flexibility index (Phi) is 6.10. The minimum atomic E-state index is -0.625. The zero-order chi connectivity index (χ0) is 20.1. The zero-order valence-corrected chi connectivity index (χ0v) is 16.1. The van der Waals surface area contributed by atoms with Crippen LogP contribution in [0.4, 0.5) is 5.69 Å². The number of nitrogens with zero attached hydrogens (tertiary/aromatic N) is 2. The van der Waals surface area contributed by atoms with Gasteiger partial charge in [-0.3, -0.25) is 19.0 Å². The maximum Gasteiger partial charge on any atom is 0.261 e. The summed E-state index contributed by atoms with van der Waals surface area (Å²) in [5.74, 6) is -0.0792. The lowest BCUT2D eigenvalue weighted by molar-refractivity contribution is -0.118. The number of hydrogen-bond donors (Lipinski definition) is 2. The lowest BCUT2D eigenvalue weighted by Gasteiger charge is -2.15. The van der Waals surface area contributed by atoms with Crippen molar-refractivity contribution in [1.29, 1.82) is 0 Å². The largest absolute Gasteiger partial charge is 0.368 e. The van der Waals surface area contributed by atoms with Gasteiger partial charge in [-0.2, -0.15) is 0 Å². The number of para-hydroxylation sites is 2. The predicted octanol–water partition coefficient (Wildman–Crippen LogP) is 2.14. The molecule has 0 saturated heterocycles. The highest BCUT2D eigenvalue weighted by atomic mass is 32.2. The second-order valence-corrected chi connectivity index (χ2v) is 7.54. The van der Waals surface area contributed by atoms with Crippen LogP contribution in [-0.2, 0) is 21.9 Å². The summed E-state index contributed by atoms with van der Waals surface area (Å²) in [6, 6.07) is 16.1.